The number of pyridine rings is 1. The second-order valence-corrected chi connectivity index (χ2v) is 5.71. The molecule has 0 spiro atoms. The minimum atomic E-state index is -0.936. The molecule has 1 aromatic heterocycles. The fraction of sp³-hybridized carbons (Fsp3) is 0.625. The third-order valence-corrected chi connectivity index (χ3v) is 4.45. The lowest BCUT2D eigenvalue weighted by atomic mass is 9.86. The standard InChI is InChI=1S/C16H24N2O3/c1-4-16(5-2)10-12(8-9-21-16)18-14-7-6-13(15(19)20)11(3)17-14/h6-7,12H,4-5,8-10H2,1-3H3,(H,17,18)(H,19,20). The van der Waals surface area contributed by atoms with Crippen molar-refractivity contribution in [1.29, 1.82) is 0 Å². The smallest absolute Gasteiger partial charge is 0.337 e. The summed E-state index contributed by atoms with van der Waals surface area (Å²) >= 11 is 0. The first-order valence-electron chi connectivity index (χ1n) is 7.61. The maximum atomic E-state index is 11.0. The van der Waals surface area contributed by atoms with Gasteiger partial charge in [-0.25, -0.2) is 9.78 Å². The summed E-state index contributed by atoms with van der Waals surface area (Å²) in [6.45, 7) is 6.80. The molecule has 1 fully saturated rings. The van der Waals surface area contributed by atoms with Crippen molar-refractivity contribution in [3.8, 4) is 0 Å². The highest BCUT2D eigenvalue weighted by Crippen LogP contribution is 2.32. The van der Waals surface area contributed by atoms with E-state index in [2.05, 4.69) is 24.1 Å². The summed E-state index contributed by atoms with van der Waals surface area (Å²) in [5.74, 6) is -0.195. The quantitative estimate of drug-likeness (QED) is 0.871. The average Bonchev–Trinajstić information content (AvgIpc) is 2.47. The molecule has 0 radical (unpaired) electrons. The molecule has 0 aliphatic carbocycles. The third-order valence-electron chi connectivity index (χ3n) is 4.45. The van der Waals surface area contributed by atoms with Gasteiger partial charge >= 0.3 is 5.97 Å². The number of hydrogen-bond donors (Lipinski definition) is 2. The van der Waals surface area contributed by atoms with Crippen LogP contribution >= 0.6 is 0 Å². The summed E-state index contributed by atoms with van der Waals surface area (Å²) in [7, 11) is 0. The molecule has 116 valence electrons. The molecule has 2 heterocycles. The number of rotatable bonds is 5. The highest BCUT2D eigenvalue weighted by Gasteiger charge is 2.34. The lowest BCUT2D eigenvalue weighted by molar-refractivity contribution is -0.0864. The third kappa shape index (κ3) is 3.53. The Labute approximate surface area is 125 Å². The molecule has 1 unspecified atom stereocenters. The van der Waals surface area contributed by atoms with Crippen LogP contribution < -0.4 is 5.32 Å². The van der Waals surface area contributed by atoms with E-state index in [1.807, 2.05) is 0 Å². The van der Waals surface area contributed by atoms with Crippen LogP contribution in [0.2, 0.25) is 0 Å². The summed E-state index contributed by atoms with van der Waals surface area (Å²) in [5, 5.41) is 12.5. The number of carbonyl (C=O) groups is 1. The monoisotopic (exact) mass is 292 g/mol. The number of aryl methyl sites for hydroxylation is 1. The van der Waals surface area contributed by atoms with Gasteiger partial charge in [0, 0.05) is 12.6 Å². The first-order valence-corrected chi connectivity index (χ1v) is 7.61. The van der Waals surface area contributed by atoms with Crippen molar-refractivity contribution in [2.75, 3.05) is 11.9 Å². The number of carboxylic acid groups (broad SMARTS) is 1. The van der Waals surface area contributed by atoms with E-state index in [4.69, 9.17) is 9.84 Å². The maximum absolute atomic E-state index is 11.0. The van der Waals surface area contributed by atoms with Crippen LogP contribution in [0, 0.1) is 6.92 Å². The number of aromatic nitrogens is 1. The van der Waals surface area contributed by atoms with Gasteiger partial charge in [0.1, 0.15) is 5.82 Å². The average molecular weight is 292 g/mol. The highest BCUT2D eigenvalue weighted by atomic mass is 16.5. The minimum absolute atomic E-state index is 0.0357. The molecule has 1 atom stereocenters. The Morgan fingerprint density at radius 2 is 2.19 bits per heavy atom. The van der Waals surface area contributed by atoms with Gasteiger partial charge in [0.05, 0.1) is 16.9 Å². The van der Waals surface area contributed by atoms with Crippen molar-refractivity contribution in [2.24, 2.45) is 0 Å². The van der Waals surface area contributed by atoms with Crippen LogP contribution in [-0.2, 0) is 4.74 Å². The van der Waals surface area contributed by atoms with Crippen LogP contribution in [0.5, 0.6) is 0 Å². The van der Waals surface area contributed by atoms with E-state index < -0.39 is 5.97 Å². The van der Waals surface area contributed by atoms with Gasteiger partial charge in [-0.05, 0) is 44.7 Å². The molecule has 1 aliphatic heterocycles. The van der Waals surface area contributed by atoms with Crippen LogP contribution in [0.4, 0.5) is 5.82 Å². The normalized spacial score (nSPS) is 21.0. The van der Waals surface area contributed by atoms with Crippen LogP contribution in [0.25, 0.3) is 0 Å². The number of ether oxygens (including phenoxy) is 1. The molecule has 0 aromatic carbocycles. The van der Waals surface area contributed by atoms with Crippen LogP contribution in [0.3, 0.4) is 0 Å². The SMILES string of the molecule is CCC1(CC)CC(Nc2ccc(C(=O)O)c(C)n2)CCO1. The molecule has 1 aliphatic rings. The summed E-state index contributed by atoms with van der Waals surface area (Å²) < 4.78 is 5.97. The summed E-state index contributed by atoms with van der Waals surface area (Å²) in [5.41, 5.74) is 0.757. The van der Waals surface area contributed by atoms with Gasteiger partial charge in [0.25, 0.3) is 0 Å². The molecule has 2 N–H and O–H groups in total. The Hall–Kier alpha value is -1.62. The molecule has 0 bridgehead atoms. The number of carboxylic acids is 1. The predicted octanol–water partition coefficient (Wildman–Crippen LogP) is 3.24. The Morgan fingerprint density at radius 1 is 1.48 bits per heavy atom. The van der Waals surface area contributed by atoms with Gasteiger partial charge in [-0.1, -0.05) is 13.8 Å². The van der Waals surface area contributed by atoms with E-state index in [0.29, 0.717) is 11.7 Å². The van der Waals surface area contributed by atoms with E-state index in [1.165, 1.54) is 0 Å². The molecule has 1 saturated heterocycles. The largest absolute Gasteiger partial charge is 0.478 e. The van der Waals surface area contributed by atoms with Crippen LogP contribution in [-0.4, -0.2) is 34.3 Å². The van der Waals surface area contributed by atoms with Crippen molar-refractivity contribution in [3.05, 3.63) is 23.4 Å². The molecule has 5 heteroatoms. The van der Waals surface area contributed by atoms with Crippen molar-refractivity contribution in [3.63, 3.8) is 0 Å². The van der Waals surface area contributed by atoms with E-state index in [9.17, 15) is 4.79 Å². The van der Waals surface area contributed by atoms with E-state index in [0.717, 1.165) is 38.1 Å². The van der Waals surface area contributed by atoms with Crippen molar-refractivity contribution >= 4 is 11.8 Å². The number of anilines is 1. The number of nitrogens with zero attached hydrogens (tertiary/aromatic N) is 1. The van der Waals surface area contributed by atoms with Gasteiger partial charge in [0.2, 0.25) is 0 Å². The van der Waals surface area contributed by atoms with Gasteiger partial charge in [0.15, 0.2) is 0 Å². The lowest BCUT2D eigenvalue weighted by Gasteiger charge is -2.40. The molecule has 5 nitrogen and oxygen atoms in total. The van der Waals surface area contributed by atoms with E-state index in [-0.39, 0.29) is 11.2 Å². The zero-order valence-corrected chi connectivity index (χ0v) is 13.0. The molecule has 1 aromatic rings. The molecular weight excluding hydrogens is 268 g/mol. The second kappa shape index (κ2) is 6.43. The zero-order valence-electron chi connectivity index (χ0n) is 13.0. The molecular formula is C16H24N2O3. The van der Waals surface area contributed by atoms with Gasteiger partial charge in [-0.3, -0.25) is 0 Å². The van der Waals surface area contributed by atoms with Gasteiger partial charge in [-0.15, -0.1) is 0 Å². The molecule has 0 saturated carbocycles. The molecule has 0 amide bonds. The van der Waals surface area contributed by atoms with E-state index >= 15 is 0 Å². The van der Waals surface area contributed by atoms with Gasteiger partial charge in [-0.2, -0.15) is 0 Å². The summed E-state index contributed by atoms with van der Waals surface area (Å²) in [4.78, 5) is 15.4. The van der Waals surface area contributed by atoms with Crippen molar-refractivity contribution < 1.29 is 14.6 Å². The van der Waals surface area contributed by atoms with Crippen molar-refractivity contribution in [1.82, 2.24) is 4.98 Å². The fourth-order valence-corrected chi connectivity index (χ4v) is 2.97. The zero-order chi connectivity index (χ0) is 15.5. The molecule has 21 heavy (non-hydrogen) atoms. The first-order chi connectivity index (χ1) is 9.99. The molecule has 2 rings (SSSR count). The Balaban J connectivity index is 2.08. The van der Waals surface area contributed by atoms with Crippen molar-refractivity contribution in [2.45, 2.75) is 58.1 Å². The maximum Gasteiger partial charge on any atom is 0.337 e. The number of aromatic carboxylic acids is 1. The first kappa shape index (κ1) is 15.8. The fourth-order valence-electron chi connectivity index (χ4n) is 2.97. The van der Waals surface area contributed by atoms with Crippen LogP contribution in [0.15, 0.2) is 12.1 Å². The second-order valence-electron chi connectivity index (χ2n) is 5.71. The number of nitrogens with one attached hydrogen (secondary N) is 1. The Bertz CT molecular complexity index is 512. The summed E-state index contributed by atoms with van der Waals surface area (Å²) in [6, 6.07) is 3.67. The lowest BCUT2D eigenvalue weighted by Crippen LogP contribution is -2.43. The van der Waals surface area contributed by atoms with Crippen LogP contribution in [0.1, 0.15) is 55.6 Å². The van der Waals surface area contributed by atoms with Gasteiger partial charge < -0.3 is 15.2 Å². The summed E-state index contributed by atoms with van der Waals surface area (Å²) in [6.07, 6.45) is 3.92. The highest BCUT2D eigenvalue weighted by molar-refractivity contribution is 5.89. The topological polar surface area (TPSA) is 71.5 Å². The predicted molar refractivity (Wildman–Crippen MR) is 81.8 cm³/mol. The van der Waals surface area contributed by atoms with E-state index in [1.54, 1.807) is 19.1 Å². The number of hydrogen-bond acceptors (Lipinski definition) is 4. The minimum Gasteiger partial charge on any atom is -0.478 e. The Morgan fingerprint density at radius 3 is 2.76 bits per heavy atom. The Kier molecular flexibility index (Phi) is 4.83.